The lowest BCUT2D eigenvalue weighted by molar-refractivity contribution is -0.113. The van der Waals surface area contributed by atoms with Gasteiger partial charge in [0.15, 0.2) is 0 Å². The molecule has 1 heterocycles. The Balaban J connectivity index is 3.00. The van der Waals surface area contributed by atoms with Crippen molar-refractivity contribution in [3.05, 3.63) is 35.4 Å². The summed E-state index contributed by atoms with van der Waals surface area (Å²) >= 11 is 0. The van der Waals surface area contributed by atoms with Crippen molar-refractivity contribution < 1.29 is 9.18 Å². The molecule has 1 rings (SSSR count). The van der Waals surface area contributed by atoms with E-state index in [0.29, 0.717) is 0 Å². The van der Waals surface area contributed by atoms with E-state index in [0.717, 1.165) is 11.6 Å². The van der Waals surface area contributed by atoms with E-state index in [-0.39, 0.29) is 5.56 Å². The SMILES string of the molecule is Cc1cnc(F)c(C=CC(N)=O)c1. The minimum atomic E-state index is -0.610. The maximum absolute atomic E-state index is 12.9. The third-order valence-electron chi connectivity index (χ3n) is 1.43. The van der Waals surface area contributed by atoms with Gasteiger partial charge in [-0.3, -0.25) is 4.79 Å². The zero-order valence-electron chi connectivity index (χ0n) is 7.12. The molecule has 0 aliphatic carbocycles. The number of nitrogens with zero attached hydrogens (tertiary/aromatic N) is 1. The van der Waals surface area contributed by atoms with Crippen LogP contribution in [0.25, 0.3) is 6.08 Å². The van der Waals surface area contributed by atoms with Gasteiger partial charge < -0.3 is 5.73 Å². The third-order valence-corrected chi connectivity index (χ3v) is 1.43. The van der Waals surface area contributed by atoms with Gasteiger partial charge in [-0.15, -0.1) is 0 Å². The standard InChI is InChI=1S/C9H9FN2O/c1-6-4-7(2-3-8(11)13)9(10)12-5-6/h2-5H,1H3,(H2,11,13). The predicted molar refractivity (Wildman–Crippen MR) is 47.2 cm³/mol. The van der Waals surface area contributed by atoms with Gasteiger partial charge in [0, 0.05) is 17.8 Å². The maximum atomic E-state index is 12.9. The summed E-state index contributed by atoms with van der Waals surface area (Å²) in [5, 5.41) is 0. The number of amides is 1. The average Bonchev–Trinajstić information content (AvgIpc) is 2.06. The Labute approximate surface area is 75.1 Å². The minimum absolute atomic E-state index is 0.263. The van der Waals surface area contributed by atoms with Crippen LogP contribution in [-0.2, 0) is 4.79 Å². The molecule has 0 fully saturated rings. The summed E-state index contributed by atoms with van der Waals surface area (Å²) in [5.41, 5.74) is 5.95. The zero-order chi connectivity index (χ0) is 9.84. The number of carbonyl (C=O) groups excluding carboxylic acids is 1. The van der Waals surface area contributed by atoms with Crippen molar-refractivity contribution in [1.82, 2.24) is 4.98 Å². The van der Waals surface area contributed by atoms with E-state index in [1.165, 1.54) is 12.3 Å². The molecule has 0 bridgehead atoms. The number of pyridine rings is 1. The quantitative estimate of drug-likeness (QED) is 0.545. The van der Waals surface area contributed by atoms with E-state index in [1.807, 2.05) is 0 Å². The van der Waals surface area contributed by atoms with Crippen LogP contribution in [-0.4, -0.2) is 10.9 Å². The highest BCUT2D eigenvalue weighted by molar-refractivity contribution is 5.90. The molecule has 0 aliphatic rings. The summed E-state index contributed by atoms with van der Waals surface area (Å²) in [7, 11) is 0. The molecule has 0 aromatic carbocycles. The van der Waals surface area contributed by atoms with Gasteiger partial charge in [-0.25, -0.2) is 4.98 Å². The molecule has 4 heteroatoms. The molecular formula is C9H9FN2O. The largest absolute Gasteiger partial charge is 0.366 e. The molecule has 0 saturated heterocycles. The van der Waals surface area contributed by atoms with Crippen molar-refractivity contribution in [2.45, 2.75) is 6.92 Å². The van der Waals surface area contributed by atoms with Gasteiger partial charge in [0.05, 0.1) is 0 Å². The highest BCUT2D eigenvalue weighted by atomic mass is 19.1. The first kappa shape index (κ1) is 9.38. The molecule has 68 valence electrons. The molecular weight excluding hydrogens is 171 g/mol. The second kappa shape index (κ2) is 3.80. The highest BCUT2D eigenvalue weighted by Crippen LogP contribution is 2.08. The van der Waals surface area contributed by atoms with Gasteiger partial charge in [0.1, 0.15) is 0 Å². The summed E-state index contributed by atoms with van der Waals surface area (Å²) in [6, 6.07) is 1.59. The fourth-order valence-corrected chi connectivity index (χ4v) is 0.864. The molecule has 0 saturated carbocycles. The minimum Gasteiger partial charge on any atom is -0.366 e. The molecule has 0 spiro atoms. The molecule has 1 amide bonds. The zero-order valence-corrected chi connectivity index (χ0v) is 7.12. The molecule has 0 radical (unpaired) electrons. The maximum Gasteiger partial charge on any atom is 0.241 e. The summed E-state index contributed by atoms with van der Waals surface area (Å²) in [5.74, 6) is -1.22. The first-order valence-corrected chi connectivity index (χ1v) is 3.69. The third kappa shape index (κ3) is 2.66. The van der Waals surface area contributed by atoms with Crippen molar-refractivity contribution in [2.75, 3.05) is 0 Å². The molecule has 2 N–H and O–H groups in total. The van der Waals surface area contributed by atoms with Gasteiger partial charge in [-0.05, 0) is 24.6 Å². The first-order valence-electron chi connectivity index (χ1n) is 3.69. The fourth-order valence-electron chi connectivity index (χ4n) is 0.864. The van der Waals surface area contributed by atoms with Crippen LogP contribution in [0.15, 0.2) is 18.3 Å². The molecule has 13 heavy (non-hydrogen) atoms. The van der Waals surface area contributed by atoms with Gasteiger partial charge >= 0.3 is 0 Å². The van der Waals surface area contributed by atoms with Crippen LogP contribution in [0.2, 0.25) is 0 Å². The average molecular weight is 180 g/mol. The Hall–Kier alpha value is -1.71. The van der Waals surface area contributed by atoms with Crippen LogP contribution < -0.4 is 5.73 Å². The Morgan fingerprint density at radius 2 is 2.38 bits per heavy atom. The Morgan fingerprint density at radius 1 is 1.69 bits per heavy atom. The number of hydrogen-bond donors (Lipinski definition) is 1. The van der Waals surface area contributed by atoms with Crippen molar-refractivity contribution in [3.8, 4) is 0 Å². The number of aromatic nitrogens is 1. The summed E-state index contributed by atoms with van der Waals surface area (Å²) in [4.78, 5) is 13.8. The van der Waals surface area contributed by atoms with Crippen molar-refractivity contribution in [2.24, 2.45) is 5.73 Å². The van der Waals surface area contributed by atoms with Gasteiger partial charge in [-0.1, -0.05) is 0 Å². The number of rotatable bonds is 2. The van der Waals surface area contributed by atoms with E-state index in [2.05, 4.69) is 4.98 Å². The fraction of sp³-hybridized carbons (Fsp3) is 0.111. The number of halogens is 1. The molecule has 1 aromatic heterocycles. The van der Waals surface area contributed by atoms with E-state index < -0.39 is 11.9 Å². The monoisotopic (exact) mass is 180 g/mol. The highest BCUT2D eigenvalue weighted by Gasteiger charge is 1.99. The van der Waals surface area contributed by atoms with Crippen molar-refractivity contribution in [3.63, 3.8) is 0 Å². The number of nitrogens with two attached hydrogens (primary N) is 1. The van der Waals surface area contributed by atoms with E-state index in [9.17, 15) is 9.18 Å². The summed E-state index contributed by atoms with van der Waals surface area (Å²) in [6.07, 6.45) is 3.81. The van der Waals surface area contributed by atoms with Gasteiger partial charge in [-0.2, -0.15) is 4.39 Å². The van der Waals surface area contributed by atoms with Crippen LogP contribution in [0.1, 0.15) is 11.1 Å². The molecule has 0 aliphatic heterocycles. The topological polar surface area (TPSA) is 56.0 Å². The first-order chi connectivity index (χ1) is 6.09. The van der Waals surface area contributed by atoms with Crippen molar-refractivity contribution in [1.29, 1.82) is 0 Å². The lowest BCUT2D eigenvalue weighted by Gasteiger charge is -1.96. The van der Waals surface area contributed by atoms with Gasteiger partial charge in [0.2, 0.25) is 11.9 Å². The normalized spacial score (nSPS) is 10.6. The molecule has 1 aromatic rings. The summed E-state index contributed by atoms with van der Waals surface area (Å²) in [6.45, 7) is 1.79. The van der Waals surface area contributed by atoms with Crippen molar-refractivity contribution >= 4 is 12.0 Å². The number of primary amides is 1. The number of aryl methyl sites for hydroxylation is 1. The van der Waals surface area contributed by atoms with Crippen LogP contribution in [0.3, 0.4) is 0 Å². The smallest absolute Gasteiger partial charge is 0.241 e. The second-order valence-corrected chi connectivity index (χ2v) is 2.63. The van der Waals surface area contributed by atoms with E-state index >= 15 is 0 Å². The van der Waals surface area contributed by atoms with Crippen LogP contribution in [0.4, 0.5) is 4.39 Å². The number of carbonyl (C=O) groups is 1. The molecule has 3 nitrogen and oxygen atoms in total. The Morgan fingerprint density at radius 3 is 3.00 bits per heavy atom. The predicted octanol–water partition coefficient (Wildman–Crippen LogP) is 1.03. The molecule has 0 unspecified atom stereocenters. The lowest BCUT2D eigenvalue weighted by Crippen LogP contribution is -2.05. The summed E-state index contributed by atoms with van der Waals surface area (Å²) < 4.78 is 12.9. The van der Waals surface area contributed by atoms with Crippen LogP contribution >= 0.6 is 0 Å². The molecule has 0 atom stereocenters. The van der Waals surface area contributed by atoms with Gasteiger partial charge in [0.25, 0.3) is 0 Å². The Bertz CT molecular complexity index is 361. The van der Waals surface area contributed by atoms with Crippen LogP contribution in [0.5, 0.6) is 0 Å². The Kier molecular flexibility index (Phi) is 2.74. The van der Waals surface area contributed by atoms with E-state index in [4.69, 9.17) is 5.73 Å². The van der Waals surface area contributed by atoms with Crippen LogP contribution in [0, 0.1) is 12.9 Å². The second-order valence-electron chi connectivity index (χ2n) is 2.63. The number of hydrogen-bond acceptors (Lipinski definition) is 2. The lowest BCUT2D eigenvalue weighted by atomic mass is 10.2. The van der Waals surface area contributed by atoms with E-state index in [1.54, 1.807) is 13.0 Å².